The van der Waals surface area contributed by atoms with E-state index in [4.69, 9.17) is 5.11 Å². The van der Waals surface area contributed by atoms with Gasteiger partial charge in [0.1, 0.15) is 18.9 Å². The molecule has 0 aliphatic heterocycles. The maximum Gasteiger partial charge on any atom is 0.673 e. The summed E-state index contributed by atoms with van der Waals surface area (Å²) in [6, 6.07) is 0. The third-order valence-electron chi connectivity index (χ3n) is 1.18. The van der Waals surface area contributed by atoms with Crippen LogP contribution in [0.15, 0.2) is 18.7 Å². The van der Waals surface area contributed by atoms with E-state index in [-0.39, 0.29) is 6.61 Å². The molecule has 0 fully saturated rings. The van der Waals surface area contributed by atoms with Crippen molar-refractivity contribution < 1.29 is 26.9 Å². The summed E-state index contributed by atoms with van der Waals surface area (Å²) >= 11 is 0. The van der Waals surface area contributed by atoms with Crippen LogP contribution in [-0.4, -0.2) is 23.5 Å². The van der Waals surface area contributed by atoms with Crippen LogP contribution >= 0.6 is 0 Å². The number of aromatic nitrogens is 2. The van der Waals surface area contributed by atoms with Gasteiger partial charge in [0, 0.05) is 0 Å². The Morgan fingerprint density at radius 1 is 1.36 bits per heavy atom. The summed E-state index contributed by atoms with van der Waals surface area (Å²) in [7, 11) is -4.05. The molecule has 0 saturated carbocycles. The van der Waals surface area contributed by atoms with E-state index in [9.17, 15) is 17.3 Å². The second-order valence-corrected chi connectivity index (χ2v) is 2.54. The maximum absolute atomic E-state index is 9.75. The van der Waals surface area contributed by atoms with Gasteiger partial charge in [-0.05, 0) is 0 Å². The van der Waals surface area contributed by atoms with Gasteiger partial charge in [-0.1, -0.05) is 0 Å². The van der Waals surface area contributed by atoms with Crippen LogP contribution in [0.5, 0.6) is 0 Å². The van der Waals surface area contributed by atoms with E-state index in [1.807, 2.05) is 34.9 Å². The standard InChI is InChI=1S/C6H11N2O.BF4/c1-7-2-3-8(6-7)4-5-9;2-1(3,4)5/h2-3,6,9H,4-5H2,1H3;/q+1;-1. The fraction of sp³-hybridized carbons (Fsp3) is 0.500. The molecule has 0 aliphatic carbocycles. The Bertz CT molecular complexity index is 257. The highest BCUT2D eigenvalue weighted by molar-refractivity contribution is 6.50. The third kappa shape index (κ3) is 9.05. The average Bonchev–Trinajstić information content (AvgIpc) is 2.32. The number of nitrogens with zero attached hydrogens (tertiary/aromatic N) is 2. The smallest absolute Gasteiger partial charge is 0.418 e. The largest absolute Gasteiger partial charge is 0.673 e. The van der Waals surface area contributed by atoms with Crippen LogP contribution < -0.4 is 4.57 Å². The van der Waals surface area contributed by atoms with Crippen LogP contribution in [0, 0.1) is 0 Å². The van der Waals surface area contributed by atoms with Gasteiger partial charge < -0.3 is 22.4 Å². The summed E-state index contributed by atoms with van der Waals surface area (Å²) < 4.78 is 42.9. The molecule has 0 amide bonds. The van der Waals surface area contributed by atoms with Gasteiger partial charge in [-0.3, -0.25) is 0 Å². The van der Waals surface area contributed by atoms with Gasteiger partial charge in [0.2, 0.25) is 6.33 Å². The van der Waals surface area contributed by atoms with Crippen molar-refractivity contribution in [1.82, 2.24) is 4.57 Å². The molecule has 3 nitrogen and oxygen atoms in total. The van der Waals surface area contributed by atoms with Crippen LogP contribution in [-0.2, 0) is 13.6 Å². The van der Waals surface area contributed by atoms with Gasteiger partial charge in [-0.15, -0.1) is 0 Å². The molecular weight excluding hydrogens is 203 g/mol. The van der Waals surface area contributed by atoms with Crippen LogP contribution in [0.2, 0.25) is 0 Å². The van der Waals surface area contributed by atoms with Gasteiger partial charge in [-0.2, -0.15) is 0 Å². The molecule has 1 aromatic rings. The molecular formula is C6H11BF4N2O. The summed E-state index contributed by atoms with van der Waals surface area (Å²) in [5.74, 6) is 0. The van der Waals surface area contributed by atoms with Crippen LogP contribution in [0.3, 0.4) is 0 Å². The Kier molecular flexibility index (Phi) is 5.22. The molecule has 8 heteroatoms. The summed E-state index contributed by atoms with van der Waals surface area (Å²) in [5, 5.41) is 8.50. The topological polar surface area (TPSA) is 29.0 Å². The third-order valence-corrected chi connectivity index (χ3v) is 1.18. The van der Waals surface area contributed by atoms with Crippen molar-refractivity contribution >= 4 is 7.25 Å². The van der Waals surface area contributed by atoms with E-state index < -0.39 is 7.25 Å². The lowest BCUT2D eigenvalue weighted by Gasteiger charge is -1.94. The Morgan fingerprint density at radius 2 is 1.86 bits per heavy atom. The number of halogens is 4. The predicted octanol–water partition coefficient (Wildman–Crippen LogP) is 0.605. The Labute approximate surface area is 78.7 Å². The monoisotopic (exact) mass is 214 g/mol. The molecule has 1 aromatic heterocycles. The van der Waals surface area contributed by atoms with Gasteiger partial charge in [0.15, 0.2) is 0 Å². The van der Waals surface area contributed by atoms with Crippen molar-refractivity contribution in [2.24, 2.45) is 7.05 Å². The number of hydrogen-bond acceptors (Lipinski definition) is 1. The number of rotatable bonds is 2. The van der Waals surface area contributed by atoms with Gasteiger partial charge in [-0.25, -0.2) is 9.13 Å². The van der Waals surface area contributed by atoms with Crippen molar-refractivity contribution in [1.29, 1.82) is 0 Å². The molecule has 1 N–H and O–H groups in total. The van der Waals surface area contributed by atoms with Crippen molar-refractivity contribution in [2.45, 2.75) is 6.54 Å². The molecule has 0 aromatic carbocycles. The first-order chi connectivity index (χ1) is 6.33. The summed E-state index contributed by atoms with van der Waals surface area (Å²) in [4.78, 5) is 0. The van der Waals surface area contributed by atoms with Gasteiger partial charge in [0.25, 0.3) is 0 Å². The molecule has 0 bridgehead atoms. The molecule has 14 heavy (non-hydrogen) atoms. The Hall–Kier alpha value is -1.05. The molecule has 1 heterocycles. The van der Waals surface area contributed by atoms with Gasteiger partial charge in [0.05, 0.1) is 13.7 Å². The van der Waals surface area contributed by atoms with Crippen molar-refractivity contribution in [3.05, 3.63) is 18.7 Å². The second kappa shape index (κ2) is 5.64. The van der Waals surface area contributed by atoms with Crippen molar-refractivity contribution in [3.63, 3.8) is 0 Å². The van der Waals surface area contributed by atoms with E-state index in [1.165, 1.54) is 0 Å². The highest BCUT2D eigenvalue weighted by atomic mass is 19.5. The van der Waals surface area contributed by atoms with Crippen LogP contribution in [0.1, 0.15) is 0 Å². The minimum atomic E-state index is -6.00. The predicted molar refractivity (Wildman–Crippen MR) is 42.9 cm³/mol. The number of aliphatic hydroxyl groups is 1. The van der Waals surface area contributed by atoms with Crippen LogP contribution in [0.4, 0.5) is 17.3 Å². The van der Waals surface area contributed by atoms with Crippen LogP contribution in [0.25, 0.3) is 0 Å². The van der Waals surface area contributed by atoms with Crippen molar-refractivity contribution in [3.8, 4) is 0 Å². The molecule has 0 saturated heterocycles. The number of aliphatic hydroxyl groups excluding tert-OH is 1. The summed E-state index contributed by atoms with van der Waals surface area (Å²) in [5.41, 5.74) is 0. The van der Waals surface area contributed by atoms with E-state index in [0.29, 0.717) is 6.54 Å². The highest BCUT2D eigenvalue weighted by Crippen LogP contribution is 2.06. The van der Waals surface area contributed by atoms with Crippen molar-refractivity contribution in [2.75, 3.05) is 6.61 Å². The zero-order valence-electron chi connectivity index (χ0n) is 7.58. The lowest BCUT2D eigenvalue weighted by Crippen LogP contribution is -2.32. The second-order valence-electron chi connectivity index (χ2n) is 2.54. The van der Waals surface area contributed by atoms with E-state index >= 15 is 0 Å². The Morgan fingerprint density at radius 3 is 2.14 bits per heavy atom. The zero-order valence-corrected chi connectivity index (χ0v) is 7.58. The first-order valence-electron chi connectivity index (χ1n) is 3.82. The maximum atomic E-state index is 9.75. The molecule has 0 unspecified atom stereocenters. The molecule has 0 radical (unpaired) electrons. The van der Waals surface area contributed by atoms with Gasteiger partial charge >= 0.3 is 7.25 Å². The molecule has 82 valence electrons. The molecule has 0 spiro atoms. The summed E-state index contributed by atoms with van der Waals surface area (Å²) in [6.45, 7) is 0.884. The first-order valence-corrected chi connectivity index (χ1v) is 3.82. The SMILES string of the molecule is Cn1cc[n+](CCO)c1.F[B-](F)(F)F. The zero-order chi connectivity index (χ0) is 11.2. The molecule has 0 aliphatic rings. The number of hydrogen-bond donors (Lipinski definition) is 1. The van der Waals surface area contributed by atoms with E-state index in [1.54, 1.807) is 0 Å². The number of aryl methyl sites for hydroxylation is 1. The minimum absolute atomic E-state index is 0.203. The molecule has 0 atom stereocenters. The number of imidazole rings is 1. The van der Waals surface area contributed by atoms with E-state index in [0.717, 1.165) is 0 Å². The minimum Gasteiger partial charge on any atom is -0.418 e. The summed E-state index contributed by atoms with van der Waals surface area (Å²) in [6.07, 6.45) is 5.79. The lowest BCUT2D eigenvalue weighted by atomic mass is 10.3. The fourth-order valence-electron chi connectivity index (χ4n) is 0.749. The normalized spacial score (nSPS) is 10.7. The quantitative estimate of drug-likeness (QED) is 0.436. The average molecular weight is 214 g/mol. The first kappa shape index (κ1) is 13.0. The molecule has 1 rings (SSSR count). The fourth-order valence-corrected chi connectivity index (χ4v) is 0.749. The lowest BCUT2D eigenvalue weighted by molar-refractivity contribution is -0.697. The Balaban J connectivity index is 0.000000292. The van der Waals surface area contributed by atoms with E-state index in [2.05, 4.69) is 0 Å². The highest BCUT2D eigenvalue weighted by Gasteiger charge is 2.20.